The van der Waals surface area contributed by atoms with Gasteiger partial charge in [0.15, 0.2) is 6.29 Å². The Morgan fingerprint density at radius 2 is 1.59 bits per heavy atom. The average Bonchev–Trinajstić information content (AvgIpc) is 2.73. The van der Waals surface area contributed by atoms with Crippen molar-refractivity contribution in [3.8, 4) is 0 Å². The number of ether oxygens (including phenoxy) is 6. The highest BCUT2D eigenvalue weighted by Gasteiger charge is 2.49. The summed E-state index contributed by atoms with van der Waals surface area (Å²) in [4.78, 5) is 0. The van der Waals surface area contributed by atoms with Crippen molar-refractivity contribution in [2.75, 3.05) is 42.2 Å². The van der Waals surface area contributed by atoms with Crippen molar-refractivity contribution in [3.05, 3.63) is 0 Å². The zero-order chi connectivity index (χ0) is 12.8. The van der Waals surface area contributed by atoms with Crippen LogP contribution < -0.4 is 0 Å². The van der Waals surface area contributed by atoms with Crippen LogP contribution in [-0.2, 0) is 28.4 Å². The van der Waals surface area contributed by atoms with E-state index in [0.717, 1.165) is 0 Å². The van der Waals surface area contributed by atoms with Gasteiger partial charge in [-0.25, -0.2) is 0 Å². The van der Waals surface area contributed by atoms with Crippen molar-refractivity contribution < 1.29 is 28.4 Å². The van der Waals surface area contributed by atoms with E-state index in [2.05, 4.69) is 0 Å². The maximum atomic E-state index is 5.75. The molecule has 0 aliphatic carbocycles. The van der Waals surface area contributed by atoms with Crippen LogP contribution in [0.3, 0.4) is 0 Å². The number of hydrogen-bond acceptors (Lipinski definition) is 6. The summed E-state index contributed by atoms with van der Waals surface area (Å²) < 4.78 is 32.2. The molecule has 1 aliphatic rings. The highest BCUT2D eigenvalue weighted by molar-refractivity contribution is 4.93. The van der Waals surface area contributed by atoms with Crippen LogP contribution >= 0.6 is 0 Å². The van der Waals surface area contributed by atoms with E-state index in [4.69, 9.17) is 28.4 Å². The van der Waals surface area contributed by atoms with Crippen LogP contribution in [0.15, 0.2) is 0 Å². The molecule has 6 nitrogen and oxygen atoms in total. The lowest BCUT2D eigenvalue weighted by Crippen LogP contribution is -2.43. The number of hydrogen-bond donors (Lipinski definition) is 0. The van der Waals surface area contributed by atoms with E-state index in [1.165, 1.54) is 0 Å². The van der Waals surface area contributed by atoms with Gasteiger partial charge in [-0.15, -0.1) is 0 Å². The Morgan fingerprint density at radius 3 is 2.00 bits per heavy atom. The first-order chi connectivity index (χ1) is 8.23. The Kier molecular flexibility index (Phi) is 6.32. The maximum absolute atomic E-state index is 5.75. The van der Waals surface area contributed by atoms with Crippen LogP contribution in [-0.4, -0.2) is 72.9 Å². The fraction of sp³-hybridized carbons (Fsp3) is 1.00. The lowest BCUT2D eigenvalue weighted by molar-refractivity contribution is -0.175. The molecular formula is C11H22O6. The van der Waals surface area contributed by atoms with Gasteiger partial charge in [-0.2, -0.15) is 0 Å². The van der Waals surface area contributed by atoms with E-state index in [1.807, 2.05) is 0 Å². The normalized spacial score (nSPS) is 35.1. The molecule has 0 aromatic rings. The molecule has 102 valence electrons. The molecule has 0 spiro atoms. The molecule has 0 aromatic carbocycles. The van der Waals surface area contributed by atoms with E-state index < -0.39 is 6.29 Å². The summed E-state index contributed by atoms with van der Waals surface area (Å²) in [5.74, 6) is 0. The summed E-state index contributed by atoms with van der Waals surface area (Å²) >= 11 is 0. The van der Waals surface area contributed by atoms with Crippen molar-refractivity contribution in [3.63, 3.8) is 0 Å². The Labute approximate surface area is 102 Å². The lowest BCUT2D eigenvalue weighted by atomic mass is 10.1. The van der Waals surface area contributed by atoms with Gasteiger partial charge in [0.1, 0.15) is 24.4 Å². The van der Waals surface area contributed by atoms with Crippen LogP contribution in [0.1, 0.15) is 0 Å². The van der Waals surface area contributed by atoms with Gasteiger partial charge in [0.05, 0.1) is 6.61 Å². The fourth-order valence-electron chi connectivity index (χ4n) is 2.12. The third-order valence-corrected chi connectivity index (χ3v) is 2.98. The first-order valence-corrected chi connectivity index (χ1v) is 5.49. The third-order valence-electron chi connectivity index (χ3n) is 2.98. The largest absolute Gasteiger partial charge is 0.382 e. The minimum atomic E-state index is -0.454. The Bertz CT molecular complexity index is 212. The minimum Gasteiger partial charge on any atom is -0.382 e. The quantitative estimate of drug-likeness (QED) is 0.636. The van der Waals surface area contributed by atoms with Crippen LogP contribution in [0.4, 0.5) is 0 Å². The van der Waals surface area contributed by atoms with Gasteiger partial charge in [0.25, 0.3) is 0 Å². The Morgan fingerprint density at radius 1 is 0.941 bits per heavy atom. The average molecular weight is 250 g/mol. The van der Waals surface area contributed by atoms with Gasteiger partial charge < -0.3 is 28.4 Å². The fourth-order valence-corrected chi connectivity index (χ4v) is 2.12. The number of rotatable bonds is 7. The molecular weight excluding hydrogens is 228 g/mol. The molecule has 0 bridgehead atoms. The molecule has 5 atom stereocenters. The minimum absolute atomic E-state index is 0.220. The lowest BCUT2D eigenvalue weighted by Gasteiger charge is -2.26. The van der Waals surface area contributed by atoms with E-state index in [-0.39, 0.29) is 24.4 Å². The van der Waals surface area contributed by atoms with Crippen LogP contribution in [0, 0.1) is 0 Å². The summed E-state index contributed by atoms with van der Waals surface area (Å²) in [6.07, 6.45) is -1.47. The zero-order valence-electron chi connectivity index (χ0n) is 11.0. The van der Waals surface area contributed by atoms with E-state index in [1.54, 1.807) is 35.5 Å². The molecule has 1 aliphatic heterocycles. The molecule has 1 heterocycles. The van der Waals surface area contributed by atoms with Crippen LogP contribution in [0.2, 0.25) is 0 Å². The first kappa shape index (κ1) is 14.8. The van der Waals surface area contributed by atoms with Crippen molar-refractivity contribution >= 4 is 0 Å². The van der Waals surface area contributed by atoms with Gasteiger partial charge in [-0.3, -0.25) is 0 Å². The second-order valence-corrected chi connectivity index (χ2v) is 3.83. The summed E-state index contributed by atoms with van der Waals surface area (Å²) in [5.41, 5.74) is 0. The second-order valence-electron chi connectivity index (χ2n) is 3.83. The molecule has 0 saturated carbocycles. The van der Waals surface area contributed by atoms with E-state index in [9.17, 15) is 0 Å². The summed E-state index contributed by atoms with van der Waals surface area (Å²) in [7, 11) is 8.02. The van der Waals surface area contributed by atoms with Crippen LogP contribution in [0.5, 0.6) is 0 Å². The molecule has 6 heteroatoms. The molecule has 0 N–H and O–H groups in total. The maximum Gasteiger partial charge on any atom is 0.186 e. The Balaban J connectivity index is 2.76. The van der Waals surface area contributed by atoms with Gasteiger partial charge >= 0.3 is 0 Å². The zero-order valence-corrected chi connectivity index (χ0v) is 11.0. The standard InChI is InChI=1S/C11H22O6/c1-12-6-7(13-2)8-9(14-3)10(15-4)11(16-5)17-8/h7-11H,6H2,1-5H3/t7-,8-,9-,10+,11-/m0/s1. The molecule has 0 unspecified atom stereocenters. The van der Waals surface area contributed by atoms with Crippen molar-refractivity contribution in [2.24, 2.45) is 0 Å². The van der Waals surface area contributed by atoms with Crippen molar-refractivity contribution in [1.29, 1.82) is 0 Å². The second kappa shape index (κ2) is 7.25. The summed E-state index contributed by atoms with van der Waals surface area (Å²) in [5, 5.41) is 0. The third kappa shape index (κ3) is 3.15. The number of methoxy groups -OCH3 is 5. The molecule has 0 radical (unpaired) electrons. The highest BCUT2D eigenvalue weighted by atomic mass is 16.7. The van der Waals surface area contributed by atoms with Crippen molar-refractivity contribution in [1.82, 2.24) is 0 Å². The van der Waals surface area contributed by atoms with Crippen molar-refractivity contribution in [2.45, 2.75) is 30.7 Å². The predicted octanol–water partition coefficient (Wildman–Crippen LogP) is 0.0491. The van der Waals surface area contributed by atoms with E-state index >= 15 is 0 Å². The first-order valence-electron chi connectivity index (χ1n) is 5.49. The van der Waals surface area contributed by atoms with Gasteiger partial charge in [0.2, 0.25) is 0 Å². The predicted molar refractivity (Wildman–Crippen MR) is 59.9 cm³/mol. The molecule has 17 heavy (non-hydrogen) atoms. The van der Waals surface area contributed by atoms with Crippen LogP contribution in [0.25, 0.3) is 0 Å². The topological polar surface area (TPSA) is 55.4 Å². The molecule has 0 aromatic heterocycles. The Hall–Kier alpha value is -0.240. The van der Waals surface area contributed by atoms with Gasteiger partial charge in [0, 0.05) is 35.5 Å². The van der Waals surface area contributed by atoms with Gasteiger partial charge in [-0.1, -0.05) is 0 Å². The molecule has 1 saturated heterocycles. The molecule has 1 rings (SSSR count). The summed E-state index contributed by atoms with van der Waals surface area (Å²) in [6.45, 7) is 0.424. The van der Waals surface area contributed by atoms with Gasteiger partial charge in [-0.05, 0) is 0 Å². The smallest absolute Gasteiger partial charge is 0.186 e. The SMILES string of the molecule is COC[C@H](OC)[C@@H]1O[C@H](OC)[C@H](OC)[C@H]1OC. The highest BCUT2D eigenvalue weighted by Crippen LogP contribution is 2.29. The monoisotopic (exact) mass is 250 g/mol. The van der Waals surface area contributed by atoms with E-state index in [0.29, 0.717) is 6.61 Å². The summed E-state index contributed by atoms with van der Waals surface area (Å²) in [6, 6.07) is 0. The molecule has 0 amide bonds. The molecule has 1 fully saturated rings.